The lowest BCUT2D eigenvalue weighted by Gasteiger charge is -2.14. The van der Waals surface area contributed by atoms with Gasteiger partial charge in [-0.3, -0.25) is 0 Å². The monoisotopic (exact) mass is 324 g/mol. The maximum absolute atomic E-state index is 4.56. The summed E-state index contributed by atoms with van der Waals surface area (Å²) in [5, 5.41) is 6.85. The second kappa shape index (κ2) is 6.45. The first kappa shape index (κ1) is 13.7. The fourth-order valence-electron chi connectivity index (χ4n) is 1.79. The summed E-state index contributed by atoms with van der Waals surface area (Å²) in [6.07, 6.45) is 1.02. The smallest absolute Gasteiger partial charge is 0.0926 e. The summed E-state index contributed by atoms with van der Waals surface area (Å²) in [7, 11) is 0. The van der Waals surface area contributed by atoms with Gasteiger partial charge >= 0.3 is 0 Å². The Morgan fingerprint density at radius 1 is 1.39 bits per heavy atom. The van der Waals surface area contributed by atoms with E-state index in [0.29, 0.717) is 6.04 Å². The molecule has 0 radical (unpaired) electrons. The van der Waals surface area contributed by atoms with Gasteiger partial charge in [0.25, 0.3) is 0 Å². The molecule has 2 aromatic rings. The minimum atomic E-state index is 0.312. The van der Waals surface area contributed by atoms with Crippen molar-refractivity contribution in [2.24, 2.45) is 0 Å². The molecule has 0 aliphatic carbocycles. The SMILES string of the molecule is CCc1nc(CN[C@H](C)c2ccccc2Br)cs1. The molecular weight excluding hydrogens is 308 g/mol. The topological polar surface area (TPSA) is 24.9 Å². The van der Waals surface area contributed by atoms with Gasteiger partial charge in [-0.05, 0) is 25.0 Å². The van der Waals surface area contributed by atoms with Gasteiger partial charge in [-0.25, -0.2) is 4.98 Å². The van der Waals surface area contributed by atoms with E-state index < -0.39 is 0 Å². The predicted octanol–water partition coefficient (Wildman–Crippen LogP) is 4.32. The fourth-order valence-corrected chi connectivity index (χ4v) is 3.16. The van der Waals surface area contributed by atoms with Gasteiger partial charge in [0.15, 0.2) is 0 Å². The van der Waals surface area contributed by atoms with Crippen LogP contribution in [0.2, 0.25) is 0 Å². The Morgan fingerprint density at radius 2 is 2.17 bits per heavy atom. The zero-order valence-electron chi connectivity index (χ0n) is 10.6. The van der Waals surface area contributed by atoms with Gasteiger partial charge in [0.05, 0.1) is 10.7 Å². The molecule has 96 valence electrons. The van der Waals surface area contributed by atoms with Gasteiger partial charge in [0.1, 0.15) is 0 Å². The third-order valence-corrected chi connectivity index (χ3v) is 4.63. The van der Waals surface area contributed by atoms with Crippen LogP contribution >= 0.6 is 27.3 Å². The van der Waals surface area contributed by atoms with Gasteiger partial charge in [0.2, 0.25) is 0 Å². The molecule has 0 saturated carbocycles. The summed E-state index contributed by atoms with van der Waals surface area (Å²) >= 11 is 5.32. The average molecular weight is 325 g/mol. The predicted molar refractivity (Wildman–Crippen MR) is 80.9 cm³/mol. The van der Waals surface area contributed by atoms with Gasteiger partial charge in [0, 0.05) is 22.4 Å². The van der Waals surface area contributed by atoms with Gasteiger partial charge in [-0.2, -0.15) is 0 Å². The lowest BCUT2D eigenvalue weighted by molar-refractivity contribution is 0.567. The van der Waals surface area contributed by atoms with Crippen LogP contribution in [0.4, 0.5) is 0 Å². The number of aryl methyl sites for hydroxylation is 1. The number of aromatic nitrogens is 1. The molecule has 0 unspecified atom stereocenters. The van der Waals surface area contributed by atoms with Gasteiger partial charge in [-0.1, -0.05) is 41.1 Å². The van der Waals surface area contributed by atoms with Crippen molar-refractivity contribution in [3.8, 4) is 0 Å². The molecule has 4 heteroatoms. The van der Waals surface area contributed by atoms with Crippen LogP contribution in [0.1, 0.15) is 36.2 Å². The summed E-state index contributed by atoms with van der Waals surface area (Å²) in [5.41, 5.74) is 2.42. The van der Waals surface area contributed by atoms with Crippen molar-refractivity contribution < 1.29 is 0 Å². The largest absolute Gasteiger partial charge is 0.304 e. The van der Waals surface area contributed by atoms with E-state index in [1.54, 1.807) is 11.3 Å². The summed E-state index contributed by atoms with van der Waals surface area (Å²) in [5.74, 6) is 0. The van der Waals surface area contributed by atoms with Crippen molar-refractivity contribution in [3.05, 3.63) is 50.4 Å². The van der Waals surface area contributed by atoms with Crippen LogP contribution in [0.5, 0.6) is 0 Å². The first-order chi connectivity index (χ1) is 8.70. The molecule has 1 N–H and O–H groups in total. The van der Waals surface area contributed by atoms with Crippen molar-refractivity contribution in [1.29, 1.82) is 0 Å². The van der Waals surface area contributed by atoms with E-state index in [4.69, 9.17) is 0 Å². The third-order valence-electron chi connectivity index (χ3n) is 2.86. The van der Waals surface area contributed by atoms with E-state index in [-0.39, 0.29) is 0 Å². The fraction of sp³-hybridized carbons (Fsp3) is 0.357. The van der Waals surface area contributed by atoms with Crippen LogP contribution in [0.25, 0.3) is 0 Å². The summed E-state index contributed by atoms with van der Waals surface area (Å²) in [6, 6.07) is 8.63. The van der Waals surface area contributed by atoms with E-state index in [1.165, 1.54) is 10.6 Å². The first-order valence-corrected chi connectivity index (χ1v) is 7.79. The summed E-state index contributed by atoms with van der Waals surface area (Å²) in [6.45, 7) is 5.13. The van der Waals surface area contributed by atoms with E-state index in [2.05, 4.69) is 63.7 Å². The van der Waals surface area contributed by atoms with Crippen molar-refractivity contribution in [2.75, 3.05) is 0 Å². The van der Waals surface area contributed by atoms with Crippen molar-refractivity contribution >= 4 is 27.3 Å². The number of nitrogens with zero attached hydrogens (tertiary/aromatic N) is 1. The Labute approximate surface area is 121 Å². The Balaban J connectivity index is 1.96. The van der Waals surface area contributed by atoms with Crippen LogP contribution in [-0.4, -0.2) is 4.98 Å². The number of halogens is 1. The molecule has 0 bridgehead atoms. The van der Waals surface area contributed by atoms with Crippen LogP contribution in [0, 0.1) is 0 Å². The highest BCUT2D eigenvalue weighted by Crippen LogP contribution is 2.23. The average Bonchev–Trinajstić information content (AvgIpc) is 2.84. The molecule has 0 aliphatic rings. The number of benzene rings is 1. The Hall–Kier alpha value is -0.710. The maximum Gasteiger partial charge on any atom is 0.0926 e. The molecule has 1 heterocycles. The van der Waals surface area contributed by atoms with Crippen molar-refractivity contribution in [3.63, 3.8) is 0 Å². The Kier molecular flexibility index (Phi) is 4.92. The van der Waals surface area contributed by atoms with Crippen molar-refractivity contribution in [1.82, 2.24) is 10.3 Å². The zero-order valence-corrected chi connectivity index (χ0v) is 13.0. The minimum Gasteiger partial charge on any atom is -0.304 e. The lowest BCUT2D eigenvalue weighted by Crippen LogP contribution is -2.18. The highest BCUT2D eigenvalue weighted by molar-refractivity contribution is 9.10. The minimum absolute atomic E-state index is 0.312. The molecule has 2 nitrogen and oxygen atoms in total. The van der Waals surface area contributed by atoms with Crippen LogP contribution in [0.3, 0.4) is 0 Å². The molecule has 0 saturated heterocycles. The second-order valence-corrected chi connectivity index (χ2v) is 6.01. The van der Waals surface area contributed by atoms with Crippen LogP contribution < -0.4 is 5.32 Å². The molecule has 1 aromatic heterocycles. The van der Waals surface area contributed by atoms with Crippen LogP contribution in [-0.2, 0) is 13.0 Å². The zero-order chi connectivity index (χ0) is 13.0. The maximum atomic E-state index is 4.56. The van der Waals surface area contributed by atoms with E-state index >= 15 is 0 Å². The molecule has 18 heavy (non-hydrogen) atoms. The molecular formula is C14H17BrN2S. The van der Waals surface area contributed by atoms with E-state index in [0.717, 1.165) is 23.1 Å². The standard InChI is InChI=1S/C14H17BrN2S/c1-3-14-17-11(9-18-14)8-16-10(2)12-6-4-5-7-13(12)15/h4-7,9-10,16H,3,8H2,1-2H3/t10-/m1/s1. The van der Waals surface area contributed by atoms with Gasteiger partial charge < -0.3 is 5.32 Å². The van der Waals surface area contributed by atoms with E-state index in [9.17, 15) is 0 Å². The summed E-state index contributed by atoms with van der Waals surface area (Å²) < 4.78 is 1.15. The van der Waals surface area contributed by atoms with E-state index in [1.807, 2.05) is 6.07 Å². The third kappa shape index (κ3) is 3.40. The second-order valence-electron chi connectivity index (χ2n) is 4.21. The number of nitrogens with one attached hydrogen (secondary N) is 1. The first-order valence-electron chi connectivity index (χ1n) is 6.11. The van der Waals surface area contributed by atoms with Gasteiger partial charge in [-0.15, -0.1) is 11.3 Å². The summed E-state index contributed by atoms with van der Waals surface area (Å²) in [4.78, 5) is 4.56. The number of hydrogen-bond donors (Lipinski definition) is 1. The normalized spacial score (nSPS) is 12.6. The molecule has 1 aromatic carbocycles. The highest BCUT2D eigenvalue weighted by atomic mass is 79.9. The van der Waals surface area contributed by atoms with Crippen molar-refractivity contribution in [2.45, 2.75) is 32.9 Å². The van der Waals surface area contributed by atoms with Crippen LogP contribution in [0.15, 0.2) is 34.1 Å². The molecule has 1 atom stereocenters. The number of rotatable bonds is 5. The molecule has 0 aliphatic heterocycles. The Bertz CT molecular complexity index is 510. The molecule has 0 spiro atoms. The quantitative estimate of drug-likeness (QED) is 0.886. The Morgan fingerprint density at radius 3 is 2.83 bits per heavy atom. The number of thiazole rings is 1. The molecule has 2 rings (SSSR count). The molecule has 0 amide bonds. The lowest BCUT2D eigenvalue weighted by atomic mass is 10.1. The molecule has 0 fully saturated rings. The number of hydrogen-bond acceptors (Lipinski definition) is 3. The highest BCUT2D eigenvalue weighted by Gasteiger charge is 2.09.